The Hall–Kier alpha value is -1.62. The van der Waals surface area contributed by atoms with Gasteiger partial charge in [-0.05, 0) is 34.1 Å². The molecule has 0 saturated heterocycles. The Morgan fingerprint density at radius 1 is 1.31 bits per heavy atom. The quantitative estimate of drug-likeness (QED) is 0.919. The molecule has 82 valence electrons. The van der Waals surface area contributed by atoms with Crippen molar-refractivity contribution in [1.29, 1.82) is 0 Å². The van der Waals surface area contributed by atoms with Crippen LogP contribution < -0.4 is 10.5 Å². The predicted octanol–water partition coefficient (Wildman–Crippen LogP) is 3.36. The molecule has 0 atom stereocenters. The Kier molecular flexibility index (Phi) is 3.05. The number of halogens is 2. The molecule has 2 N–H and O–H groups in total. The van der Waals surface area contributed by atoms with Gasteiger partial charge in [-0.25, -0.2) is 9.37 Å². The van der Waals surface area contributed by atoms with Crippen LogP contribution in [0.5, 0.6) is 11.6 Å². The lowest BCUT2D eigenvalue weighted by Crippen LogP contribution is -1.92. The second-order valence-corrected chi connectivity index (χ2v) is 3.97. The summed E-state index contributed by atoms with van der Waals surface area (Å²) >= 11 is 3.26. The number of nitrogens with two attached hydrogens (primary N) is 1. The number of aromatic nitrogens is 1. The maximum absolute atomic E-state index is 12.9. The summed E-state index contributed by atoms with van der Waals surface area (Å²) in [5.41, 5.74) is 6.06. The third kappa shape index (κ3) is 2.49. The van der Waals surface area contributed by atoms with Crippen molar-refractivity contribution in [2.75, 3.05) is 5.73 Å². The van der Waals surface area contributed by atoms with Gasteiger partial charge in [0, 0.05) is 6.07 Å². The molecule has 16 heavy (non-hydrogen) atoms. The molecule has 2 rings (SSSR count). The van der Waals surface area contributed by atoms with E-state index in [1.54, 1.807) is 18.2 Å². The zero-order valence-electron chi connectivity index (χ0n) is 8.15. The first-order valence-electron chi connectivity index (χ1n) is 4.49. The molecule has 5 heteroatoms. The summed E-state index contributed by atoms with van der Waals surface area (Å²) in [4.78, 5) is 3.99. The molecule has 0 aliphatic heterocycles. The first-order valence-corrected chi connectivity index (χ1v) is 5.29. The summed E-state index contributed by atoms with van der Waals surface area (Å²) in [5, 5.41) is 0. The van der Waals surface area contributed by atoms with Crippen LogP contribution >= 0.6 is 15.9 Å². The Morgan fingerprint density at radius 3 is 2.81 bits per heavy atom. The van der Waals surface area contributed by atoms with Crippen molar-refractivity contribution in [2.45, 2.75) is 0 Å². The lowest BCUT2D eigenvalue weighted by molar-refractivity contribution is 0.455. The monoisotopic (exact) mass is 282 g/mol. The van der Waals surface area contributed by atoms with Crippen LogP contribution in [-0.2, 0) is 0 Å². The summed E-state index contributed by atoms with van der Waals surface area (Å²) in [6.45, 7) is 0. The van der Waals surface area contributed by atoms with Gasteiger partial charge in [-0.1, -0.05) is 6.07 Å². The minimum Gasteiger partial charge on any atom is -0.438 e. The fourth-order valence-electron chi connectivity index (χ4n) is 1.16. The topological polar surface area (TPSA) is 48.1 Å². The summed E-state index contributed by atoms with van der Waals surface area (Å²) in [6, 6.07) is 7.51. The first-order chi connectivity index (χ1) is 7.65. The lowest BCUT2D eigenvalue weighted by atomic mass is 10.3. The van der Waals surface area contributed by atoms with Gasteiger partial charge in [0.15, 0.2) is 0 Å². The molecule has 0 unspecified atom stereocenters. The highest BCUT2D eigenvalue weighted by Gasteiger charge is 2.05. The molecule has 0 fully saturated rings. The number of rotatable bonds is 2. The number of benzene rings is 1. The number of ether oxygens (including phenoxy) is 1. The third-order valence-electron chi connectivity index (χ3n) is 1.84. The normalized spacial score (nSPS) is 10.1. The minimum absolute atomic E-state index is 0.347. The zero-order chi connectivity index (χ0) is 11.5. The molecule has 1 aromatic carbocycles. The summed E-state index contributed by atoms with van der Waals surface area (Å²) in [7, 11) is 0. The first kappa shape index (κ1) is 10.9. The van der Waals surface area contributed by atoms with Crippen molar-refractivity contribution in [1.82, 2.24) is 4.98 Å². The average Bonchev–Trinajstić information content (AvgIpc) is 2.22. The van der Waals surface area contributed by atoms with Crippen LogP contribution in [0.4, 0.5) is 10.1 Å². The molecule has 0 amide bonds. The molecular formula is C11H8BrFN2O. The van der Waals surface area contributed by atoms with Gasteiger partial charge in [0.2, 0.25) is 5.88 Å². The SMILES string of the molecule is Nc1cnc(Oc2cccc(F)c2)c(Br)c1. The largest absolute Gasteiger partial charge is 0.438 e. The Labute approximate surface area is 100 Å². The second-order valence-electron chi connectivity index (χ2n) is 3.12. The van der Waals surface area contributed by atoms with Crippen LogP contribution in [0.25, 0.3) is 0 Å². The van der Waals surface area contributed by atoms with E-state index < -0.39 is 0 Å². The van der Waals surface area contributed by atoms with Crippen molar-refractivity contribution < 1.29 is 9.13 Å². The predicted molar refractivity (Wildman–Crippen MR) is 62.8 cm³/mol. The summed E-state index contributed by atoms with van der Waals surface area (Å²) < 4.78 is 18.9. The van der Waals surface area contributed by atoms with E-state index in [9.17, 15) is 4.39 Å². The minimum atomic E-state index is -0.357. The van der Waals surface area contributed by atoms with Gasteiger partial charge in [0.1, 0.15) is 11.6 Å². The molecule has 3 nitrogen and oxygen atoms in total. The molecule has 1 aromatic heterocycles. The summed E-state index contributed by atoms with van der Waals surface area (Å²) in [5.74, 6) is 0.377. The average molecular weight is 283 g/mol. The van der Waals surface area contributed by atoms with Gasteiger partial charge in [-0.3, -0.25) is 0 Å². The van der Waals surface area contributed by atoms with Crippen LogP contribution in [0.3, 0.4) is 0 Å². The van der Waals surface area contributed by atoms with E-state index in [1.807, 2.05) is 0 Å². The Bertz CT molecular complexity index is 519. The molecule has 0 radical (unpaired) electrons. The van der Waals surface area contributed by atoms with Crippen molar-refractivity contribution >= 4 is 21.6 Å². The molecule has 0 aliphatic rings. The number of nitrogens with zero attached hydrogens (tertiary/aromatic N) is 1. The highest BCUT2D eigenvalue weighted by Crippen LogP contribution is 2.28. The second kappa shape index (κ2) is 4.49. The highest BCUT2D eigenvalue weighted by atomic mass is 79.9. The van der Waals surface area contributed by atoms with E-state index in [-0.39, 0.29) is 5.82 Å². The zero-order valence-corrected chi connectivity index (χ0v) is 9.74. The van der Waals surface area contributed by atoms with Gasteiger partial charge in [-0.2, -0.15) is 0 Å². The molecule has 0 aliphatic carbocycles. The van der Waals surface area contributed by atoms with Crippen molar-refractivity contribution in [3.8, 4) is 11.6 Å². The smallest absolute Gasteiger partial charge is 0.233 e. The number of nitrogen functional groups attached to an aromatic ring is 1. The van der Waals surface area contributed by atoms with Gasteiger partial charge in [0.25, 0.3) is 0 Å². The van der Waals surface area contributed by atoms with Crippen LogP contribution in [0.15, 0.2) is 41.0 Å². The van der Waals surface area contributed by atoms with Crippen molar-refractivity contribution in [3.05, 3.63) is 46.8 Å². The molecule has 0 spiro atoms. The van der Waals surface area contributed by atoms with Crippen LogP contribution in [0.1, 0.15) is 0 Å². The Morgan fingerprint density at radius 2 is 2.12 bits per heavy atom. The van der Waals surface area contributed by atoms with E-state index in [4.69, 9.17) is 10.5 Å². The molecule has 1 heterocycles. The number of hydrogen-bond donors (Lipinski definition) is 1. The molecular weight excluding hydrogens is 275 g/mol. The molecule has 0 bridgehead atoms. The van der Waals surface area contributed by atoms with Crippen LogP contribution in [-0.4, -0.2) is 4.98 Å². The Balaban J connectivity index is 2.27. The van der Waals surface area contributed by atoms with Gasteiger partial charge in [0.05, 0.1) is 16.4 Å². The maximum atomic E-state index is 12.9. The fraction of sp³-hybridized carbons (Fsp3) is 0. The fourth-order valence-corrected chi connectivity index (χ4v) is 1.61. The van der Waals surface area contributed by atoms with Crippen LogP contribution in [0.2, 0.25) is 0 Å². The lowest BCUT2D eigenvalue weighted by Gasteiger charge is -2.06. The van der Waals surface area contributed by atoms with Gasteiger partial charge >= 0.3 is 0 Å². The standard InChI is InChI=1S/C11H8BrFN2O/c12-10-5-8(14)6-15-11(10)16-9-3-1-2-7(13)4-9/h1-6H,14H2. The van der Waals surface area contributed by atoms with Crippen LogP contribution in [0, 0.1) is 5.82 Å². The maximum Gasteiger partial charge on any atom is 0.233 e. The van der Waals surface area contributed by atoms with E-state index >= 15 is 0 Å². The highest BCUT2D eigenvalue weighted by molar-refractivity contribution is 9.10. The van der Waals surface area contributed by atoms with Gasteiger partial charge in [-0.15, -0.1) is 0 Å². The molecule has 0 saturated carbocycles. The molecule has 2 aromatic rings. The van der Waals surface area contributed by atoms with E-state index in [2.05, 4.69) is 20.9 Å². The number of pyridine rings is 1. The van der Waals surface area contributed by atoms with E-state index in [0.29, 0.717) is 21.8 Å². The number of hydrogen-bond acceptors (Lipinski definition) is 3. The summed E-state index contributed by atoms with van der Waals surface area (Å²) in [6.07, 6.45) is 1.47. The van der Waals surface area contributed by atoms with E-state index in [0.717, 1.165) is 0 Å². The van der Waals surface area contributed by atoms with Crippen molar-refractivity contribution in [3.63, 3.8) is 0 Å². The van der Waals surface area contributed by atoms with E-state index in [1.165, 1.54) is 18.3 Å². The third-order valence-corrected chi connectivity index (χ3v) is 2.41. The van der Waals surface area contributed by atoms with Crippen molar-refractivity contribution in [2.24, 2.45) is 0 Å². The number of anilines is 1. The van der Waals surface area contributed by atoms with Gasteiger partial charge < -0.3 is 10.5 Å².